The zero-order valence-electron chi connectivity index (χ0n) is 25.2. The molecule has 1 aliphatic rings. The van der Waals surface area contributed by atoms with Gasteiger partial charge in [-0.1, -0.05) is 32.4 Å². The number of esters is 1. The first-order valence-corrected chi connectivity index (χ1v) is 13.7. The zero-order valence-corrected chi connectivity index (χ0v) is 25.2. The minimum absolute atomic E-state index is 0.115. The van der Waals surface area contributed by atoms with E-state index in [9.17, 15) is 4.79 Å². The van der Waals surface area contributed by atoms with Gasteiger partial charge in [0.1, 0.15) is 18.1 Å². The summed E-state index contributed by atoms with van der Waals surface area (Å²) in [6.45, 7) is 17.1. The van der Waals surface area contributed by atoms with Crippen molar-refractivity contribution in [3.63, 3.8) is 0 Å². The second kappa shape index (κ2) is 12.5. The Labute approximate surface area is 233 Å². The van der Waals surface area contributed by atoms with Crippen LogP contribution in [0.5, 0.6) is 11.5 Å². The van der Waals surface area contributed by atoms with E-state index in [-0.39, 0.29) is 18.4 Å². The molecule has 0 N–H and O–H groups in total. The van der Waals surface area contributed by atoms with Crippen LogP contribution in [-0.2, 0) is 31.9 Å². The van der Waals surface area contributed by atoms with E-state index < -0.39 is 18.3 Å². The molecule has 0 bridgehead atoms. The molecule has 1 fully saturated rings. The van der Waals surface area contributed by atoms with E-state index in [0.29, 0.717) is 18.1 Å². The third kappa shape index (κ3) is 6.79. The fraction of sp³-hybridized carbons (Fsp3) is 0.516. The number of rotatable bonds is 8. The topological polar surface area (TPSA) is 68.2 Å². The van der Waals surface area contributed by atoms with E-state index >= 15 is 0 Å². The Hall–Kier alpha value is -2.97. The smallest absolute Gasteiger partial charge is 0.495 e. The first-order chi connectivity index (χ1) is 18.4. The predicted octanol–water partition coefficient (Wildman–Crippen LogP) is 6.24. The van der Waals surface area contributed by atoms with Crippen molar-refractivity contribution in [3.05, 3.63) is 53.7 Å². The summed E-state index contributed by atoms with van der Waals surface area (Å²) in [4.78, 5) is 11.9. The van der Waals surface area contributed by atoms with Crippen molar-refractivity contribution in [2.45, 2.75) is 92.1 Å². The molecule has 0 saturated carbocycles. The van der Waals surface area contributed by atoms with Crippen LogP contribution in [0.3, 0.4) is 0 Å². The fourth-order valence-electron chi connectivity index (χ4n) is 4.38. The SMILES string of the molecule is CCC.COC(=O)Cc1ccc(OC)cc1OCc1cc(B2OC(C)(C)C(C)(C)O2)c2ccn(C(C)C)c2c1. The highest BCUT2D eigenvalue weighted by molar-refractivity contribution is 6.65. The van der Waals surface area contributed by atoms with Gasteiger partial charge in [-0.15, -0.1) is 0 Å². The molecule has 7 nitrogen and oxygen atoms in total. The molecule has 212 valence electrons. The number of aromatic nitrogens is 1. The highest BCUT2D eigenvalue weighted by atomic mass is 16.7. The minimum atomic E-state index is -0.493. The number of ether oxygens (including phenoxy) is 3. The summed E-state index contributed by atoms with van der Waals surface area (Å²) in [6.07, 6.45) is 3.47. The lowest BCUT2D eigenvalue weighted by Gasteiger charge is -2.32. The van der Waals surface area contributed by atoms with Crippen molar-refractivity contribution in [3.8, 4) is 11.5 Å². The van der Waals surface area contributed by atoms with Crippen LogP contribution in [0.25, 0.3) is 10.9 Å². The maximum Gasteiger partial charge on any atom is 0.495 e. The van der Waals surface area contributed by atoms with Crippen molar-refractivity contribution < 1.29 is 28.3 Å². The maximum atomic E-state index is 11.9. The number of carbonyl (C=O) groups excluding carboxylic acids is 1. The summed E-state index contributed by atoms with van der Waals surface area (Å²) < 4.78 is 31.5. The van der Waals surface area contributed by atoms with E-state index in [2.05, 4.69) is 84.4 Å². The molecule has 1 saturated heterocycles. The molecule has 8 heteroatoms. The monoisotopic (exact) mass is 537 g/mol. The van der Waals surface area contributed by atoms with E-state index in [4.69, 9.17) is 23.5 Å². The molecule has 1 aromatic heterocycles. The van der Waals surface area contributed by atoms with Gasteiger partial charge >= 0.3 is 13.1 Å². The van der Waals surface area contributed by atoms with Crippen LogP contribution in [0, 0.1) is 0 Å². The van der Waals surface area contributed by atoms with Gasteiger partial charge in [0, 0.05) is 29.4 Å². The van der Waals surface area contributed by atoms with Gasteiger partial charge in [0.25, 0.3) is 0 Å². The average molecular weight is 538 g/mol. The minimum Gasteiger partial charge on any atom is -0.497 e. The molecule has 0 aliphatic carbocycles. The standard InChI is InChI=1S/C28H36BNO6.C3H8/c1-18(2)30-12-11-22-23(29-35-27(3,4)28(5,6)36-29)13-19(14-24(22)30)17-34-25-16-21(32-7)10-9-20(25)15-26(31)33-8;1-3-2/h9-14,16,18H,15,17H2,1-8H3;3H2,1-2H3. The first kappa shape index (κ1) is 30.6. The zero-order chi connectivity index (χ0) is 29.0. The summed E-state index contributed by atoms with van der Waals surface area (Å²) in [5.41, 5.74) is 2.89. The van der Waals surface area contributed by atoms with Gasteiger partial charge in [-0.05, 0) is 76.2 Å². The van der Waals surface area contributed by atoms with Gasteiger partial charge in [0.2, 0.25) is 0 Å². The Morgan fingerprint density at radius 1 is 1.00 bits per heavy atom. The lowest BCUT2D eigenvalue weighted by molar-refractivity contribution is -0.139. The number of methoxy groups -OCH3 is 2. The maximum absolute atomic E-state index is 11.9. The molecule has 0 amide bonds. The lowest BCUT2D eigenvalue weighted by atomic mass is 9.76. The Kier molecular flexibility index (Phi) is 9.78. The summed E-state index contributed by atoms with van der Waals surface area (Å²) in [7, 11) is 2.49. The van der Waals surface area contributed by atoms with Gasteiger partial charge in [0.05, 0.1) is 31.8 Å². The molecule has 2 heterocycles. The number of nitrogens with zero attached hydrogens (tertiary/aromatic N) is 1. The van der Waals surface area contributed by atoms with Crippen molar-refractivity contribution in [1.82, 2.24) is 4.57 Å². The number of fused-ring (bicyclic) bond motifs is 1. The molecule has 0 radical (unpaired) electrons. The highest BCUT2D eigenvalue weighted by Gasteiger charge is 2.52. The highest BCUT2D eigenvalue weighted by Crippen LogP contribution is 2.37. The average Bonchev–Trinajstić information content (AvgIpc) is 3.40. The van der Waals surface area contributed by atoms with E-state index in [1.165, 1.54) is 13.5 Å². The van der Waals surface area contributed by atoms with Crippen LogP contribution in [0.15, 0.2) is 42.6 Å². The second-order valence-electron chi connectivity index (χ2n) is 11.2. The van der Waals surface area contributed by atoms with Crippen LogP contribution >= 0.6 is 0 Å². The van der Waals surface area contributed by atoms with Crippen molar-refractivity contribution >= 4 is 29.5 Å². The number of hydrogen-bond donors (Lipinski definition) is 0. The molecular weight excluding hydrogens is 493 g/mol. The van der Waals surface area contributed by atoms with Gasteiger partial charge in [-0.3, -0.25) is 4.79 Å². The lowest BCUT2D eigenvalue weighted by Crippen LogP contribution is -2.41. The van der Waals surface area contributed by atoms with Crippen molar-refractivity contribution in [1.29, 1.82) is 0 Å². The van der Waals surface area contributed by atoms with Gasteiger partial charge in [-0.2, -0.15) is 0 Å². The number of carbonyl (C=O) groups is 1. The number of hydrogen-bond acceptors (Lipinski definition) is 6. The van der Waals surface area contributed by atoms with E-state index in [0.717, 1.165) is 27.5 Å². The van der Waals surface area contributed by atoms with Gasteiger partial charge < -0.3 is 28.1 Å². The molecule has 4 rings (SSSR count). The van der Waals surface area contributed by atoms with Crippen LogP contribution in [-0.4, -0.2) is 43.1 Å². The summed E-state index contributed by atoms with van der Waals surface area (Å²) in [5, 5.41) is 1.10. The van der Waals surface area contributed by atoms with Gasteiger partial charge in [0.15, 0.2) is 0 Å². The van der Waals surface area contributed by atoms with Crippen LogP contribution < -0.4 is 14.9 Å². The molecule has 1 aliphatic heterocycles. The van der Waals surface area contributed by atoms with Crippen LogP contribution in [0.2, 0.25) is 0 Å². The molecule has 3 aromatic rings. The Balaban J connectivity index is 0.00000134. The van der Waals surface area contributed by atoms with E-state index in [1.54, 1.807) is 13.2 Å². The molecular formula is C31H44BNO6. The Morgan fingerprint density at radius 2 is 1.64 bits per heavy atom. The third-order valence-electron chi connectivity index (χ3n) is 7.22. The molecule has 39 heavy (non-hydrogen) atoms. The molecule has 0 spiro atoms. The summed E-state index contributed by atoms with van der Waals surface area (Å²) in [5.74, 6) is 0.904. The fourth-order valence-corrected chi connectivity index (χ4v) is 4.38. The second-order valence-corrected chi connectivity index (χ2v) is 11.2. The predicted molar refractivity (Wildman–Crippen MR) is 157 cm³/mol. The van der Waals surface area contributed by atoms with Crippen LogP contribution in [0.4, 0.5) is 0 Å². The summed E-state index contributed by atoms with van der Waals surface area (Å²) >= 11 is 0. The Bertz CT molecular complexity index is 1260. The first-order valence-electron chi connectivity index (χ1n) is 13.7. The third-order valence-corrected chi connectivity index (χ3v) is 7.22. The van der Waals surface area contributed by atoms with Gasteiger partial charge in [-0.25, -0.2) is 0 Å². The molecule has 2 aromatic carbocycles. The normalized spacial score (nSPS) is 15.7. The molecule has 0 atom stereocenters. The van der Waals surface area contributed by atoms with Crippen molar-refractivity contribution in [2.75, 3.05) is 14.2 Å². The quantitative estimate of drug-likeness (QED) is 0.250. The summed E-state index contributed by atoms with van der Waals surface area (Å²) in [6, 6.07) is 12.1. The Morgan fingerprint density at radius 3 is 2.21 bits per heavy atom. The largest absolute Gasteiger partial charge is 0.497 e. The number of benzene rings is 2. The molecule has 0 unspecified atom stereocenters. The van der Waals surface area contributed by atoms with E-state index in [1.807, 2.05) is 12.1 Å². The van der Waals surface area contributed by atoms with Crippen LogP contribution in [0.1, 0.15) is 79.0 Å². The van der Waals surface area contributed by atoms with Crippen molar-refractivity contribution in [2.24, 2.45) is 0 Å².